The van der Waals surface area contributed by atoms with Gasteiger partial charge >= 0.3 is 0 Å². The number of terminal acetylenes is 1. The molecule has 2 heterocycles. The smallest absolute Gasteiger partial charge is 0.268 e. The van der Waals surface area contributed by atoms with Gasteiger partial charge in [-0.15, -0.1) is 6.42 Å². The van der Waals surface area contributed by atoms with E-state index in [0.29, 0.717) is 40.3 Å². The monoisotopic (exact) mass is 504 g/mol. The van der Waals surface area contributed by atoms with Crippen LogP contribution in [0.4, 0.5) is 0 Å². The number of H-pyrrole nitrogens is 1. The molecule has 3 atom stereocenters. The quantitative estimate of drug-likeness (QED) is 0.427. The van der Waals surface area contributed by atoms with E-state index >= 15 is 0 Å². The molecule has 4 N–H and O–H groups in total. The number of rotatable bonds is 7. The highest BCUT2D eigenvalue weighted by Crippen LogP contribution is 2.30. The van der Waals surface area contributed by atoms with Crippen LogP contribution in [0.3, 0.4) is 0 Å². The first kappa shape index (κ1) is 25.9. The van der Waals surface area contributed by atoms with Gasteiger partial charge in [-0.3, -0.25) is 14.4 Å². The van der Waals surface area contributed by atoms with E-state index in [1.165, 1.54) is 0 Å². The van der Waals surface area contributed by atoms with Gasteiger partial charge in [0.15, 0.2) is 0 Å². The number of aromatic nitrogens is 1. The molecular formula is C25H30Cl2N4O3. The molecule has 34 heavy (non-hydrogen) atoms. The largest absolute Gasteiger partial charge is 0.356 e. The third-order valence-electron chi connectivity index (χ3n) is 5.81. The van der Waals surface area contributed by atoms with E-state index < -0.39 is 23.9 Å². The number of halogens is 2. The standard InChI is InChI=1S/C25H30Cl2N4O3/c1-5-15(11-14-7-6-10-28-22(14)32)29-24(34)20(13-25(2,3)4)31-23(33)19-12-16-17(26)8-9-18(27)21(16)30-19/h1,8-9,12,14-15,20,30H,6-7,10-11,13H2,2-4H3,(H,28,32)(H,29,34)(H,31,33). The lowest BCUT2D eigenvalue weighted by atomic mass is 9.87. The lowest BCUT2D eigenvalue weighted by Crippen LogP contribution is -2.51. The number of piperidine rings is 1. The Bertz CT molecular complexity index is 1090. The highest BCUT2D eigenvalue weighted by Gasteiger charge is 2.31. The van der Waals surface area contributed by atoms with Crippen LogP contribution in [0, 0.1) is 23.7 Å². The number of amides is 3. The lowest BCUT2D eigenvalue weighted by molar-refractivity contribution is -0.128. The topological polar surface area (TPSA) is 103 Å². The van der Waals surface area contributed by atoms with Gasteiger partial charge in [0.25, 0.3) is 5.91 Å². The average Bonchev–Trinajstić information content (AvgIpc) is 3.23. The molecule has 7 nitrogen and oxygen atoms in total. The third kappa shape index (κ3) is 6.46. The molecule has 182 valence electrons. The molecule has 0 aliphatic carbocycles. The van der Waals surface area contributed by atoms with Gasteiger partial charge in [-0.25, -0.2) is 0 Å². The lowest BCUT2D eigenvalue weighted by Gasteiger charge is -2.28. The number of hydrogen-bond donors (Lipinski definition) is 4. The van der Waals surface area contributed by atoms with E-state index in [2.05, 4.69) is 26.9 Å². The summed E-state index contributed by atoms with van der Waals surface area (Å²) in [5.74, 6) is 1.43. The van der Waals surface area contributed by atoms with E-state index in [4.69, 9.17) is 29.6 Å². The normalized spacial score (nSPS) is 18.0. The van der Waals surface area contributed by atoms with Gasteiger partial charge in [-0.05, 0) is 49.3 Å². The summed E-state index contributed by atoms with van der Waals surface area (Å²) in [5, 5.41) is 10.0. The number of carbonyl (C=O) groups is 3. The summed E-state index contributed by atoms with van der Waals surface area (Å²) in [7, 11) is 0. The van der Waals surface area contributed by atoms with Gasteiger partial charge < -0.3 is 20.9 Å². The molecule has 1 aromatic carbocycles. The summed E-state index contributed by atoms with van der Waals surface area (Å²) in [6.07, 6.45) is 8.00. The predicted octanol–water partition coefficient (Wildman–Crippen LogP) is 4.04. The van der Waals surface area contributed by atoms with Crippen molar-refractivity contribution in [2.45, 2.75) is 58.5 Å². The van der Waals surface area contributed by atoms with E-state index in [9.17, 15) is 14.4 Å². The third-order valence-corrected chi connectivity index (χ3v) is 6.45. The van der Waals surface area contributed by atoms with Gasteiger partial charge in [0.1, 0.15) is 11.7 Å². The van der Waals surface area contributed by atoms with Crippen LogP contribution in [0.1, 0.15) is 56.9 Å². The zero-order valence-corrected chi connectivity index (χ0v) is 21.1. The van der Waals surface area contributed by atoms with E-state index in [0.717, 1.165) is 12.8 Å². The van der Waals surface area contributed by atoms with Crippen LogP contribution in [0.5, 0.6) is 0 Å². The number of hydrogen-bond acceptors (Lipinski definition) is 3. The first-order chi connectivity index (χ1) is 16.0. The van der Waals surface area contributed by atoms with Crippen molar-refractivity contribution in [2.75, 3.05) is 6.54 Å². The molecule has 3 rings (SSSR count). The summed E-state index contributed by atoms with van der Waals surface area (Å²) in [5.41, 5.74) is 0.537. The summed E-state index contributed by atoms with van der Waals surface area (Å²) in [4.78, 5) is 41.3. The predicted molar refractivity (Wildman–Crippen MR) is 135 cm³/mol. The Morgan fingerprint density at radius 1 is 1.24 bits per heavy atom. The molecule has 3 amide bonds. The van der Waals surface area contributed by atoms with Crippen LogP contribution >= 0.6 is 23.2 Å². The molecule has 1 saturated heterocycles. The fourth-order valence-corrected chi connectivity index (χ4v) is 4.54. The van der Waals surface area contributed by atoms with Crippen LogP contribution < -0.4 is 16.0 Å². The van der Waals surface area contributed by atoms with Crippen molar-refractivity contribution < 1.29 is 14.4 Å². The van der Waals surface area contributed by atoms with Crippen molar-refractivity contribution in [1.29, 1.82) is 0 Å². The Balaban J connectivity index is 1.75. The summed E-state index contributed by atoms with van der Waals surface area (Å²) >= 11 is 12.5. The Morgan fingerprint density at radius 3 is 2.56 bits per heavy atom. The van der Waals surface area contributed by atoms with Crippen molar-refractivity contribution >= 4 is 51.8 Å². The highest BCUT2D eigenvalue weighted by molar-refractivity contribution is 6.40. The molecule has 0 spiro atoms. The van der Waals surface area contributed by atoms with E-state index in [1.54, 1.807) is 18.2 Å². The molecular weight excluding hydrogens is 475 g/mol. The Hall–Kier alpha value is -2.69. The number of fused-ring (bicyclic) bond motifs is 1. The maximum Gasteiger partial charge on any atom is 0.268 e. The van der Waals surface area contributed by atoms with Gasteiger partial charge in [0.05, 0.1) is 21.6 Å². The summed E-state index contributed by atoms with van der Waals surface area (Å²) < 4.78 is 0. The minimum atomic E-state index is -0.833. The van der Waals surface area contributed by atoms with Crippen molar-refractivity contribution in [3.63, 3.8) is 0 Å². The fourth-order valence-electron chi connectivity index (χ4n) is 4.12. The van der Waals surface area contributed by atoms with Crippen molar-refractivity contribution in [3.8, 4) is 12.3 Å². The maximum absolute atomic E-state index is 13.2. The van der Waals surface area contributed by atoms with Crippen LogP contribution in [0.2, 0.25) is 10.0 Å². The minimum absolute atomic E-state index is 0.0450. The molecule has 3 unspecified atom stereocenters. The Labute approximate surface area is 209 Å². The zero-order chi connectivity index (χ0) is 25.0. The first-order valence-electron chi connectivity index (χ1n) is 11.3. The van der Waals surface area contributed by atoms with Gasteiger partial charge in [0, 0.05) is 17.8 Å². The number of aromatic amines is 1. The molecule has 1 fully saturated rings. The van der Waals surface area contributed by atoms with Crippen LogP contribution in [0.15, 0.2) is 18.2 Å². The Kier molecular flexibility index (Phi) is 8.17. The number of carbonyl (C=O) groups excluding carboxylic acids is 3. The molecule has 0 bridgehead atoms. The maximum atomic E-state index is 13.2. The number of benzene rings is 1. The van der Waals surface area contributed by atoms with E-state index in [1.807, 2.05) is 20.8 Å². The minimum Gasteiger partial charge on any atom is -0.356 e. The van der Waals surface area contributed by atoms with Crippen LogP contribution in [-0.4, -0.2) is 41.3 Å². The summed E-state index contributed by atoms with van der Waals surface area (Å²) in [6.45, 7) is 6.60. The molecule has 0 saturated carbocycles. The van der Waals surface area contributed by atoms with Gasteiger partial charge in [0.2, 0.25) is 11.8 Å². The number of nitrogens with one attached hydrogen (secondary N) is 4. The van der Waals surface area contributed by atoms with Gasteiger partial charge in [-0.2, -0.15) is 0 Å². The second-order valence-corrected chi connectivity index (χ2v) is 10.7. The van der Waals surface area contributed by atoms with Crippen LogP contribution in [0.25, 0.3) is 10.9 Å². The second-order valence-electron chi connectivity index (χ2n) is 9.89. The van der Waals surface area contributed by atoms with Crippen molar-refractivity contribution in [1.82, 2.24) is 20.9 Å². The molecule has 2 aromatic rings. The second kappa shape index (κ2) is 10.7. The molecule has 1 aliphatic heterocycles. The van der Waals surface area contributed by atoms with Gasteiger partial charge in [-0.1, -0.05) is 49.9 Å². The SMILES string of the molecule is C#CC(CC1CCCNC1=O)NC(=O)C(CC(C)(C)C)NC(=O)c1cc2c(Cl)ccc(Cl)c2[nH]1. The first-order valence-corrected chi connectivity index (χ1v) is 12.1. The van der Waals surface area contributed by atoms with Crippen molar-refractivity contribution in [2.24, 2.45) is 11.3 Å². The Morgan fingerprint density at radius 2 is 1.94 bits per heavy atom. The van der Waals surface area contributed by atoms with E-state index in [-0.39, 0.29) is 22.9 Å². The van der Waals surface area contributed by atoms with Crippen molar-refractivity contribution in [3.05, 3.63) is 33.9 Å². The fraction of sp³-hybridized carbons (Fsp3) is 0.480. The zero-order valence-electron chi connectivity index (χ0n) is 19.6. The summed E-state index contributed by atoms with van der Waals surface area (Å²) in [6, 6.07) is 3.46. The highest BCUT2D eigenvalue weighted by atomic mass is 35.5. The molecule has 0 radical (unpaired) electrons. The molecule has 1 aliphatic rings. The van der Waals surface area contributed by atoms with Crippen LogP contribution in [-0.2, 0) is 9.59 Å². The average molecular weight is 505 g/mol. The molecule has 1 aromatic heterocycles. The molecule has 9 heteroatoms.